The molecule has 0 aliphatic carbocycles. The van der Waals surface area contributed by atoms with Crippen LogP contribution in [0.15, 0.2) is 42.5 Å². The van der Waals surface area contributed by atoms with Crippen molar-refractivity contribution in [3.8, 4) is 5.75 Å². The van der Waals surface area contributed by atoms with Gasteiger partial charge in [-0.15, -0.1) is 11.8 Å². The molecule has 0 heterocycles. The predicted octanol–water partition coefficient (Wildman–Crippen LogP) is 5.44. The number of carbonyl (C=O) groups excluding carboxylic acids is 2. The second-order valence-corrected chi connectivity index (χ2v) is 10.1. The van der Waals surface area contributed by atoms with Gasteiger partial charge in [0.05, 0.1) is 12.9 Å². The number of rotatable bonds is 10. The van der Waals surface area contributed by atoms with Crippen LogP contribution in [-0.4, -0.2) is 41.2 Å². The molecule has 2 aromatic rings. The number of carbonyl (C=O) groups is 2. The molecule has 0 saturated heterocycles. The Balaban J connectivity index is 2.20. The summed E-state index contributed by atoms with van der Waals surface area (Å²) in [6.45, 7) is 7.87. The predicted molar refractivity (Wildman–Crippen MR) is 133 cm³/mol. The van der Waals surface area contributed by atoms with Crippen LogP contribution in [0.2, 0.25) is 5.02 Å². The third-order valence-electron chi connectivity index (χ3n) is 4.93. The summed E-state index contributed by atoms with van der Waals surface area (Å²) < 4.78 is 19.3. The number of nitrogens with one attached hydrogen (secondary N) is 1. The normalized spacial score (nSPS) is 12.2. The summed E-state index contributed by atoms with van der Waals surface area (Å²) in [5.74, 6) is 0.284. The number of nitrogens with zero attached hydrogens (tertiary/aromatic N) is 1. The molecule has 2 amide bonds. The van der Waals surface area contributed by atoms with Gasteiger partial charge >= 0.3 is 0 Å². The Bertz CT molecular complexity index is 927. The lowest BCUT2D eigenvalue weighted by atomic mass is 10.1. The number of ether oxygens (including phenoxy) is 1. The molecule has 5 nitrogen and oxygen atoms in total. The molecule has 33 heavy (non-hydrogen) atoms. The van der Waals surface area contributed by atoms with Crippen molar-refractivity contribution in [2.45, 2.75) is 58.0 Å². The van der Waals surface area contributed by atoms with Crippen molar-refractivity contribution in [2.75, 3.05) is 12.9 Å². The van der Waals surface area contributed by atoms with Crippen LogP contribution in [-0.2, 0) is 21.9 Å². The number of benzene rings is 2. The van der Waals surface area contributed by atoms with Gasteiger partial charge in [0.15, 0.2) is 0 Å². The number of hydrogen-bond acceptors (Lipinski definition) is 4. The number of hydrogen-bond donors (Lipinski definition) is 1. The third kappa shape index (κ3) is 8.23. The van der Waals surface area contributed by atoms with Gasteiger partial charge in [-0.25, -0.2) is 4.39 Å². The minimum atomic E-state index is -0.628. The molecule has 0 aromatic heterocycles. The second kappa shape index (κ2) is 12.3. The Kier molecular flexibility index (Phi) is 10.0. The Morgan fingerprint density at radius 3 is 2.39 bits per heavy atom. The summed E-state index contributed by atoms with van der Waals surface area (Å²) in [4.78, 5) is 27.9. The molecule has 2 rings (SSSR count). The summed E-state index contributed by atoms with van der Waals surface area (Å²) in [5, 5.41) is 3.31. The van der Waals surface area contributed by atoms with E-state index in [0.29, 0.717) is 22.8 Å². The Hall–Kier alpha value is -2.25. The van der Waals surface area contributed by atoms with Crippen molar-refractivity contribution < 1.29 is 18.7 Å². The van der Waals surface area contributed by atoms with E-state index < -0.39 is 17.4 Å². The lowest BCUT2D eigenvalue weighted by Gasteiger charge is -2.33. The zero-order valence-electron chi connectivity index (χ0n) is 19.8. The summed E-state index contributed by atoms with van der Waals surface area (Å²) in [6.07, 6.45) is 0.466. The monoisotopic (exact) mass is 494 g/mol. The number of thioether (sulfide) groups is 1. The van der Waals surface area contributed by atoms with Crippen LogP contribution in [0, 0.1) is 5.82 Å². The highest BCUT2D eigenvalue weighted by Gasteiger charge is 2.30. The first-order valence-electron chi connectivity index (χ1n) is 10.8. The summed E-state index contributed by atoms with van der Waals surface area (Å²) in [5.41, 5.74) is 0.833. The Morgan fingerprint density at radius 1 is 1.18 bits per heavy atom. The lowest BCUT2D eigenvalue weighted by Crippen LogP contribution is -2.53. The molecule has 1 atom stereocenters. The van der Waals surface area contributed by atoms with Crippen LogP contribution in [0.3, 0.4) is 0 Å². The molecule has 0 spiro atoms. The molecule has 0 aliphatic rings. The van der Waals surface area contributed by atoms with Crippen molar-refractivity contribution in [3.63, 3.8) is 0 Å². The fraction of sp³-hybridized carbons (Fsp3) is 0.440. The summed E-state index contributed by atoms with van der Waals surface area (Å²) >= 11 is 7.38. The van der Waals surface area contributed by atoms with E-state index in [-0.39, 0.29) is 29.9 Å². The van der Waals surface area contributed by atoms with Gasteiger partial charge in [-0.1, -0.05) is 36.7 Å². The van der Waals surface area contributed by atoms with Crippen LogP contribution < -0.4 is 10.1 Å². The highest BCUT2D eigenvalue weighted by atomic mass is 35.5. The number of halogens is 2. The summed E-state index contributed by atoms with van der Waals surface area (Å²) in [6, 6.07) is 11.3. The first kappa shape index (κ1) is 27.0. The first-order chi connectivity index (χ1) is 15.6. The van der Waals surface area contributed by atoms with Crippen molar-refractivity contribution in [1.82, 2.24) is 10.2 Å². The van der Waals surface area contributed by atoms with Crippen LogP contribution in [0.4, 0.5) is 4.39 Å². The van der Waals surface area contributed by atoms with Gasteiger partial charge in [0.2, 0.25) is 11.8 Å². The molecule has 8 heteroatoms. The molecule has 2 aromatic carbocycles. The fourth-order valence-electron chi connectivity index (χ4n) is 3.29. The van der Waals surface area contributed by atoms with E-state index in [4.69, 9.17) is 16.3 Å². The topological polar surface area (TPSA) is 58.6 Å². The minimum absolute atomic E-state index is 0.0973. The maximum absolute atomic E-state index is 14.1. The first-order valence-corrected chi connectivity index (χ1v) is 12.3. The standard InChI is InChI=1S/C25H32ClFN2O3S/c1-6-22(24(31)28-25(2,3)4)29(14-17-10-12-18(32-5)13-11-17)23(30)16-33-15-19-20(26)8-7-9-21(19)27/h7-13,22H,6,14-16H2,1-5H3,(H,28,31)/t22-/m0/s1. The van der Waals surface area contributed by atoms with E-state index in [2.05, 4.69) is 5.32 Å². The van der Waals surface area contributed by atoms with Crippen LogP contribution in [0.25, 0.3) is 0 Å². The number of amides is 2. The van der Waals surface area contributed by atoms with Crippen molar-refractivity contribution in [2.24, 2.45) is 0 Å². The quantitative estimate of drug-likeness (QED) is 0.477. The zero-order chi connectivity index (χ0) is 24.6. The van der Waals surface area contributed by atoms with Gasteiger partial charge in [-0.05, 0) is 57.0 Å². The number of methoxy groups -OCH3 is 1. The average molecular weight is 495 g/mol. The van der Waals surface area contributed by atoms with Gasteiger partial charge in [0.1, 0.15) is 17.6 Å². The van der Waals surface area contributed by atoms with Gasteiger partial charge in [-0.3, -0.25) is 9.59 Å². The Morgan fingerprint density at radius 2 is 1.85 bits per heavy atom. The smallest absolute Gasteiger partial charge is 0.243 e. The minimum Gasteiger partial charge on any atom is -0.497 e. The molecule has 0 radical (unpaired) electrons. The maximum atomic E-state index is 14.1. The fourth-order valence-corrected chi connectivity index (χ4v) is 4.54. The highest BCUT2D eigenvalue weighted by molar-refractivity contribution is 7.99. The van der Waals surface area contributed by atoms with Crippen molar-refractivity contribution >= 4 is 35.2 Å². The molecule has 0 aliphatic heterocycles. The molecule has 0 fully saturated rings. The molecule has 0 bridgehead atoms. The van der Waals surface area contributed by atoms with E-state index in [9.17, 15) is 14.0 Å². The molecular weight excluding hydrogens is 463 g/mol. The van der Waals surface area contributed by atoms with Crippen LogP contribution in [0.1, 0.15) is 45.2 Å². The van der Waals surface area contributed by atoms with E-state index in [1.54, 1.807) is 24.1 Å². The Labute approximate surface area is 205 Å². The SMILES string of the molecule is CC[C@@H](C(=O)NC(C)(C)C)N(Cc1ccc(OC)cc1)C(=O)CSCc1c(F)cccc1Cl. The van der Waals surface area contributed by atoms with Crippen LogP contribution in [0.5, 0.6) is 5.75 Å². The molecule has 1 N–H and O–H groups in total. The zero-order valence-corrected chi connectivity index (χ0v) is 21.4. The van der Waals surface area contributed by atoms with E-state index in [1.165, 1.54) is 17.8 Å². The maximum Gasteiger partial charge on any atom is 0.243 e. The van der Waals surface area contributed by atoms with Gasteiger partial charge < -0.3 is 15.0 Å². The summed E-state index contributed by atoms with van der Waals surface area (Å²) in [7, 11) is 1.59. The molecule has 180 valence electrons. The van der Waals surface area contributed by atoms with Crippen LogP contribution >= 0.6 is 23.4 Å². The van der Waals surface area contributed by atoms with Gasteiger partial charge in [0, 0.05) is 28.4 Å². The largest absolute Gasteiger partial charge is 0.497 e. The van der Waals surface area contributed by atoms with Gasteiger partial charge in [-0.2, -0.15) is 0 Å². The third-order valence-corrected chi connectivity index (χ3v) is 6.23. The highest BCUT2D eigenvalue weighted by Crippen LogP contribution is 2.25. The molecule has 0 saturated carbocycles. The van der Waals surface area contributed by atoms with Crippen molar-refractivity contribution in [1.29, 1.82) is 0 Å². The van der Waals surface area contributed by atoms with Crippen molar-refractivity contribution in [3.05, 3.63) is 64.4 Å². The molecule has 0 unspecified atom stereocenters. The van der Waals surface area contributed by atoms with E-state index in [1.807, 2.05) is 52.0 Å². The van der Waals surface area contributed by atoms with E-state index >= 15 is 0 Å². The van der Waals surface area contributed by atoms with Gasteiger partial charge in [0.25, 0.3) is 0 Å². The van der Waals surface area contributed by atoms with E-state index in [0.717, 1.165) is 5.56 Å². The average Bonchev–Trinajstić information content (AvgIpc) is 2.74. The second-order valence-electron chi connectivity index (χ2n) is 8.73. The molecular formula is C25H32ClFN2O3S. The lowest BCUT2D eigenvalue weighted by molar-refractivity contribution is -0.140.